The van der Waals surface area contributed by atoms with Crippen LogP contribution in [0.1, 0.15) is 51.9 Å². The van der Waals surface area contributed by atoms with Gasteiger partial charge in [-0.25, -0.2) is 0 Å². The Morgan fingerprint density at radius 3 is 2.92 bits per heavy atom. The van der Waals surface area contributed by atoms with E-state index in [1.807, 2.05) is 0 Å². The van der Waals surface area contributed by atoms with Crippen LogP contribution < -0.4 is 0 Å². The van der Waals surface area contributed by atoms with Crippen LogP contribution in [0.15, 0.2) is 11.6 Å². The summed E-state index contributed by atoms with van der Waals surface area (Å²) in [5, 5.41) is 0. The van der Waals surface area contributed by atoms with Crippen LogP contribution in [0, 0.1) is 11.8 Å². The molecule has 0 aromatic heterocycles. The molecule has 0 heterocycles. The van der Waals surface area contributed by atoms with Gasteiger partial charge in [0.15, 0.2) is 0 Å². The van der Waals surface area contributed by atoms with Gasteiger partial charge < -0.3 is 0 Å². The van der Waals surface area contributed by atoms with Gasteiger partial charge in [0.2, 0.25) is 0 Å². The molecule has 0 radical (unpaired) electrons. The molecule has 0 aromatic carbocycles. The minimum Gasteiger partial charge on any atom is -0.0847 e. The summed E-state index contributed by atoms with van der Waals surface area (Å²) in [6.45, 7) is 2.29. The molecule has 1 fully saturated rings. The third kappa shape index (κ3) is 1.44. The smallest absolute Gasteiger partial charge is 0.0169 e. The van der Waals surface area contributed by atoms with Crippen molar-refractivity contribution in [3.8, 4) is 0 Å². The molecule has 0 spiro atoms. The number of unbranched alkanes of at least 4 members (excludes halogenated alkanes) is 2. The lowest BCUT2D eigenvalue weighted by atomic mass is 9.74. The summed E-state index contributed by atoms with van der Waals surface area (Å²) in [6, 6.07) is 0. The maximum Gasteiger partial charge on any atom is -0.0169 e. The third-order valence-corrected chi connectivity index (χ3v) is 3.65. The Morgan fingerprint density at radius 1 is 1.42 bits per heavy atom. The minimum atomic E-state index is 1.04. The highest BCUT2D eigenvalue weighted by Gasteiger charge is 2.34. The van der Waals surface area contributed by atoms with Gasteiger partial charge in [0.25, 0.3) is 0 Å². The minimum absolute atomic E-state index is 1.04. The van der Waals surface area contributed by atoms with Crippen molar-refractivity contribution < 1.29 is 0 Å². The van der Waals surface area contributed by atoms with Gasteiger partial charge in [0.1, 0.15) is 0 Å². The molecule has 68 valence electrons. The quantitative estimate of drug-likeness (QED) is 0.436. The molecule has 0 nitrogen and oxygen atoms in total. The standard InChI is InChI=1S/C12H20/c1-2-3-4-5-10-6-7-11-8-9-12(10)11/h7,10,12H,2-6,8-9H2,1H3. The van der Waals surface area contributed by atoms with E-state index in [2.05, 4.69) is 13.0 Å². The zero-order chi connectivity index (χ0) is 8.39. The van der Waals surface area contributed by atoms with Crippen LogP contribution in [0.5, 0.6) is 0 Å². The summed E-state index contributed by atoms with van der Waals surface area (Å²) in [7, 11) is 0. The van der Waals surface area contributed by atoms with Crippen LogP contribution in [-0.2, 0) is 0 Å². The van der Waals surface area contributed by atoms with Gasteiger partial charge in [0, 0.05) is 0 Å². The Balaban J connectivity index is 1.70. The number of fused-ring (bicyclic) bond motifs is 1. The summed E-state index contributed by atoms with van der Waals surface area (Å²) in [5.41, 5.74) is 1.80. The first-order chi connectivity index (χ1) is 5.92. The number of hydrogen-bond acceptors (Lipinski definition) is 0. The third-order valence-electron chi connectivity index (χ3n) is 3.65. The second-order valence-electron chi connectivity index (χ2n) is 4.42. The van der Waals surface area contributed by atoms with Gasteiger partial charge in [0.05, 0.1) is 0 Å². The molecule has 2 unspecified atom stereocenters. The molecular formula is C12H20. The van der Waals surface area contributed by atoms with Gasteiger partial charge in [-0.05, 0) is 37.5 Å². The molecule has 2 aliphatic carbocycles. The van der Waals surface area contributed by atoms with E-state index >= 15 is 0 Å². The van der Waals surface area contributed by atoms with Crippen LogP contribution >= 0.6 is 0 Å². The molecule has 0 saturated heterocycles. The second kappa shape index (κ2) is 3.64. The van der Waals surface area contributed by atoms with Crippen molar-refractivity contribution in [1.29, 1.82) is 0 Å². The number of allylic oxidation sites excluding steroid dienone is 2. The van der Waals surface area contributed by atoms with Crippen molar-refractivity contribution >= 4 is 0 Å². The number of rotatable bonds is 4. The van der Waals surface area contributed by atoms with E-state index in [1.54, 1.807) is 5.57 Å². The lowest BCUT2D eigenvalue weighted by molar-refractivity contribution is 0.301. The summed E-state index contributed by atoms with van der Waals surface area (Å²) in [6.07, 6.45) is 12.6. The molecule has 0 aliphatic heterocycles. The average molecular weight is 164 g/mol. The molecule has 12 heavy (non-hydrogen) atoms. The van der Waals surface area contributed by atoms with Crippen molar-refractivity contribution in [2.45, 2.75) is 51.9 Å². The van der Waals surface area contributed by atoms with Gasteiger partial charge in [-0.1, -0.05) is 37.8 Å². The maximum absolute atomic E-state index is 2.52. The second-order valence-corrected chi connectivity index (χ2v) is 4.42. The first-order valence-corrected chi connectivity index (χ1v) is 5.60. The van der Waals surface area contributed by atoms with E-state index in [0.29, 0.717) is 0 Å². The van der Waals surface area contributed by atoms with E-state index in [0.717, 1.165) is 11.8 Å². The van der Waals surface area contributed by atoms with E-state index < -0.39 is 0 Å². The Kier molecular flexibility index (Phi) is 2.53. The topological polar surface area (TPSA) is 0 Å². The largest absolute Gasteiger partial charge is 0.0847 e. The zero-order valence-corrected chi connectivity index (χ0v) is 8.18. The Morgan fingerprint density at radius 2 is 2.33 bits per heavy atom. The summed E-state index contributed by atoms with van der Waals surface area (Å²) in [5.74, 6) is 2.10. The number of hydrogen-bond donors (Lipinski definition) is 0. The lowest BCUT2D eigenvalue weighted by Gasteiger charge is -2.31. The summed E-state index contributed by atoms with van der Waals surface area (Å²) >= 11 is 0. The Hall–Kier alpha value is -0.260. The molecule has 2 aliphatic rings. The highest BCUT2D eigenvalue weighted by Crippen LogP contribution is 2.47. The predicted octanol–water partition coefficient (Wildman–Crippen LogP) is 3.92. The Bertz CT molecular complexity index is 178. The molecule has 0 amide bonds. The molecule has 2 rings (SSSR count). The van der Waals surface area contributed by atoms with Crippen LogP contribution in [-0.4, -0.2) is 0 Å². The zero-order valence-electron chi connectivity index (χ0n) is 8.18. The fraction of sp³-hybridized carbons (Fsp3) is 0.833. The van der Waals surface area contributed by atoms with Crippen molar-refractivity contribution in [2.24, 2.45) is 11.8 Å². The summed E-state index contributed by atoms with van der Waals surface area (Å²) < 4.78 is 0. The van der Waals surface area contributed by atoms with E-state index in [1.165, 1.54) is 44.9 Å². The fourth-order valence-corrected chi connectivity index (χ4v) is 2.71. The van der Waals surface area contributed by atoms with Crippen LogP contribution in [0.4, 0.5) is 0 Å². The summed E-state index contributed by atoms with van der Waals surface area (Å²) in [4.78, 5) is 0. The normalized spacial score (nSPS) is 32.6. The fourth-order valence-electron chi connectivity index (χ4n) is 2.71. The van der Waals surface area contributed by atoms with Crippen LogP contribution in [0.25, 0.3) is 0 Å². The molecular weight excluding hydrogens is 144 g/mol. The molecule has 1 saturated carbocycles. The first kappa shape index (κ1) is 8.34. The van der Waals surface area contributed by atoms with Gasteiger partial charge in [-0.3, -0.25) is 0 Å². The highest BCUT2D eigenvalue weighted by molar-refractivity contribution is 5.22. The van der Waals surface area contributed by atoms with Gasteiger partial charge in [-0.2, -0.15) is 0 Å². The van der Waals surface area contributed by atoms with Gasteiger partial charge >= 0.3 is 0 Å². The molecule has 0 N–H and O–H groups in total. The molecule has 2 atom stereocenters. The molecule has 0 bridgehead atoms. The van der Waals surface area contributed by atoms with Crippen molar-refractivity contribution in [3.63, 3.8) is 0 Å². The van der Waals surface area contributed by atoms with Gasteiger partial charge in [-0.15, -0.1) is 0 Å². The lowest BCUT2D eigenvalue weighted by Crippen LogP contribution is -2.19. The molecule has 0 aromatic rings. The predicted molar refractivity (Wildman–Crippen MR) is 53.1 cm³/mol. The monoisotopic (exact) mass is 164 g/mol. The van der Waals surface area contributed by atoms with Crippen LogP contribution in [0.3, 0.4) is 0 Å². The van der Waals surface area contributed by atoms with Crippen molar-refractivity contribution in [2.75, 3.05) is 0 Å². The van der Waals surface area contributed by atoms with Crippen molar-refractivity contribution in [1.82, 2.24) is 0 Å². The van der Waals surface area contributed by atoms with E-state index in [-0.39, 0.29) is 0 Å². The van der Waals surface area contributed by atoms with E-state index in [9.17, 15) is 0 Å². The maximum atomic E-state index is 2.52. The first-order valence-electron chi connectivity index (χ1n) is 5.60. The molecule has 0 heteroatoms. The SMILES string of the molecule is CCCCCC1CC=C2CCC21. The Labute approximate surface area is 76.1 Å². The van der Waals surface area contributed by atoms with Crippen molar-refractivity contribution in [3.05, 3.63) is 11.6 Å². The van der Waals surface area contributed by atoms with E-state index in [4.69, 9.17) is 0 Å². The van der Waals surface area contributed by atoms with Crippen LogP contribution in [0.2, 0.25) is 0 Å². The highest BCUT2D eigenvalue weighted by atomic mass is 14.4. The average Bonchev–Trinajstić information content (AvgIpc) is 2.27.